The summed E-state index contributed by atoms with van der Waals surface area (Å²) in [5, 5.41) is 4.28. The Kier molecular flexibility index (Phi) is 6.07. The third kappa shape index (κ3) is 4.89. The zero-order valence-corrected chi connectivity index (χ0v) is 17.5. The number of urea groups is 1. The maximum Gasteiger partial charge on any atom is 0.416 e. The monoisotopic (exact) mass is 483 g/mol. The molecule has 0 spiro atoms. The lowest BCUT2D eigenvalue weighted by atomic mass is 9.91. The van der Waals surface area contributed by atoms with Crippen molar-refractivity contribution in [2.24, 2.45) is 0 Å². The van der Waals surface area contributed by atoms with E-state index in [4.69, 9.17) is 4.74 Å². The van der Waals surface area contributed by atoms with Gasteiger partial charge in [0.15, 0.2) is 0 Å². The molecule has 2 aromatic carbocycles. The third-order valence-electron chi connectivity index (χ3n) is 5.46. The van der Waals surface area contributed by atoms with Crippen LogP contribution in [-0.2, 0) is 29.2 Å². The lowest BCUT2D eigenvalue weighted by Gasteiger charge is -2.29. The molecule has 1 aliphatic rings. The van der Waals surface area contributed by atoms with E-state index in [-0.39, 0.29) is 24.8 Å². The Morgan fingerprint density at radius 1 is 0.882 bits per heavy atom. The van der Waals surface area contributed by atoms with Gasteiger partial charge in [0.25, 0.3) is 0 Å². The Morgan fingerprint density at radius 3 is 2.03 bits per heavy atom. The van der Waals surface area contributed by atoms with Crippen molar-refractivity contribution >= 4 is 6.03 Å². The minimum Gasteiger partial charge on any atom is -0.374 e. The van der Waals surface area contributed by atoms with Gasteiger partial charge in [0, 0.05) is 12.4 Å². The molecule has 0 aliphatic carbocycles. The molecule has 0 bridgehead atoms. The summed E-state index contributed by atoms with van der Waals surface area (Å²) in [6.45, 7) is -0.569. The van der Waals surface area contributed by atoms with E-state index in [1.54, 1.807) is 59.5 Å². The quantitative estimate of drug-likeness (QED) is 0.484. The van der Waals surface area contributed by atoms with Crippen LogP contribution in [-0.4, -0.2) is 23.9 Å². The molecule has 5 nitrogen and oxygen atoms in total. The molecular weight excluding hydrogens is 464 g/mol. The zero-order valence-electron chi connectivity index (χ0n) is 17.5. The van der Waals surface area contributed by atoms with Crippen LogP contribution < -0.4 is 10.3 Å². The summed E-state index contributed by atoms with van der Waals surface area (Å²) < 4.78 is 86.1. The predicted molar refractivity (Wildman–Crippen MR) is 110 cm³/mol. The molecule has 11 heteroatoms. The largest absolute Gasteiger partial charge is 0.416 e. The highest BCUT2D eigenvalue weighted by Gasteiger charge is 2.45. The molecule has 0 radical (unpaired) electrons. The van der Waals surface area contributed by atoms with Crippen molar-refractivity contribution in [1.29, 1.82) is 0 Å². The molecule has 1 fully saturated rings. The summed E-state index contributed by atoms with van der Waals surface area (Å²) >= 11 is 0. The number of nitrogens with zero attached hydrogens (tertiary/aromatic N) is 2. The molecule has 0 saturated carbocycles. The van der Waals surface area contributed by atoms with E-state index in [1.807, 2.05) is 0 Å². The molecule has 0 unspecified atom stereocenters. The van der Waals surface area contributed by atoms with Crippen molar-refractivity contribution < 1.29 is 35.9 Å². The number of hydrogen-bond acceptors (Lipinski definition) is 2. The Hall–Kier alpha value is -3.47. The van der Waals surface area contributed by atoms with Gasteiger partial charge in [-0.1, -0.05) is 30.3 Å². The van der Waals surface area contributed by atoms with Crippen LogP contribution in [0.2, 0.25) is 0 Å². The van der Waals surface area contributed by atoms with Gasteiger partial charge in [0.1, 0.15) is 5.54 Å². The van der Waals surface area contributed by atoms with Gasteiger partial charge in [-0.25, -0.2) is 9.80 Å². The van der Waals surface area contributed by atoms with Crippen molar-refractivity contribution in [3.05, 3.63) is 95.3 Å². The third-order valence-corrected chi connectivity index (χ3v) is 5.46. The lowest BCUT2D eigenvalue weighted by molar-refractivity contribution is -0.143. The van der Waals surface area contributed by atoms with E-state index in [0.717, 1.165) is 0 Å². The molecule has 1 atom stereocenters. The van der Waals surface area contributed by atoms with Crippen LogP contribution in [0.5, 0.6) is 0 Å². The van der Waals surface area contributed by atoms with E-state index >= 15 is 0 Å². The molecular formula is C23H19F6N3O2. The first-order valence-corrected chi connectivity index (χ1v) is 10.1. The molecule has 1 saturated heterocycles. The van der Waals surface area contributed by atoms with E-state index < -0.39 is 41.7 Å². The standard InChI is InChI=1S/C23H19F6N3O2/c24-22(25,26)18-10-16(11-19(12-18)23(27,28)29)13-34-15-21(17-6-2-1-3-7-17)14-32(20(33)30-21)31-8-4-5-9-31/h1-12H,13-15H2,(H,30,33)/t21-/m1/s1. The maximum atomic E-state index is 13.1. The number of halogens is 6. The van der Waals surface area contributed by atoms with E-state index in [9.17, 15) is 31.1 Å². The van der Waals surface area contributed by atoms with Crippen molar-refractivity contribution in [1.82, 2.24) is 9.99 Å². The first kappa shape index (κ1) is 23.7. The summed E-state index contributed by atoms with van der Waals surface area (Å²) in [7, 11) is 0. The molecule has 34 heavy (non-hydrogen) atoms. The Balaban J connectivity index is 1.59. The number of carbonyl (C=O) groups excluding carboxylic acids is 1. The van der Waals surface area contributed by atoms with Gasteiger partial charge in [-0.2, -0.15) is 26.3 Å². The van der Waals surface area contributed by atoms with Crippen LogP contribution in [0.3, 0.4) is 0 Å². The summed E-state index contributed by atoms with van der Waals surface area (Å²) in [6, 6.07) is 13.2. The summed E-state index contributed by atoms with van der Waals surface area (Å²) in [4.78, 5) is 12.7. The van der Waals surface area contributed by atoms with Crippen molar-refractivity contribution in [3.63, 3.8) is 0 Å². The van der Waals surface area contributed by atoms with Crippen LogP contribution in [0.1, 0.15) is 22.3 Å². The fourth-order valence-electron chi connectivity index (χ4n) is 3.84. The summed E-state index contributed by atoms with van der Waals surface area (Å²) in [6.07, 6.45) is -6.55. The normalized spacial score (nSPS) is 18.9. The number of nitrogens with one attached hydrogen (secondary N) is 1. The number of rotatable bonds is 6. The van der Waals surface area contributed by atoms with Crippen LogP contribution in [0, 0.1) is 0 Å². The topological polar surface area (TPSA) is 46.5 Å². The van der Waals surface area contributed by atoms with Crippen LogP contribution in [0.15, 0.2) is 73.1 Å². The second-order valence-corrected chi connectivity index (χ2v) is 7.91. The highest BCUT2D eigenvalue weighted by Crippen LogP contribution is 2.36. The van der Waals surface area contributed by atoms with Gasteiger partial charge in [-0.15, -0.1) is 0 Å². The van der Waals surface area contributed by atoms with Gasteiger partial charge in [-0.05, 0) is 41.5 Å². The summed E-state index contributed by atoms with van der Waals surface area (Å²) in [5.74, 6) is 0. The molecule has 1 N–H and O–H groups in total. The first-order chi connectivity index (χ1) is 16.0. The predicted octanol–water partition coefficient (Wildman–Crippen LogP) is 5.30. The molecule has 2 heterocycles. The number of ether oxygens (including phenoxy) is 1. The van der Waals surface area contributed by atoms with Gasteiger partial charge >= 0.3 is 18.4 Å². The van der Waals surface area contributed by atoms with Crippen molar-refractivity contribution in [2.45, 2.75) is 24.5 Å². The molecule has 180 valence electrons. The minimum atomic E-state index is -4.95. The Morgan fingerprint density at radius 2 is 1.47 bits per heavy atom. The van der Waals surface area contributed by atoms with Crippen molar-refractivity contribution in [3.8, 4) is 0 Å². The van der Waals surface area contributed by atoms with Gasteiger partial charge in [0.05, 0.1) is 30.9 Å². The van der Waals surface area contributed by atoms with Crippen molar-refractivity contribution in [2.75, 3.05) is 18.2 Å². The van der Waals surface area contributed by atoms with Gasteiger partial charge in [-0.3, -0.25) is 4.68 Å². The molecule has 2 amide bonds. The van der Waals surface area contributed by atoms with E-state index in [1.165, 1.54) is 5.01 Å². The summed E-state index contributed by atoms with van der Waals surface area (Å²) in [5.41, 5.74) is -3.50. The van der Waals surface area contributed by atoms with Gasteiger partial charge in [0.2, 0.25) is 0 Å². The van der Waals surface area contributed by atoms with Crippen LogP contribution in [0.4, 0.5) is 31.1 Å². The number of aromatic nitrogens is 1. The zero-order chi connectivity index (χ0) is 24.6. The minimum absolute atomic E-state index is 0.0705. The smallest absolute Gasteiger partial charge is 0.374 e. The lowest BCUT2D eigenvalue weighted by Crippen LogP contribution is -2.45. The van der Waals surface area contributed by atoms with Gasteiger partial charge < -0.3 is 10.1 Å². The average molecular weight is 483 g/mol. The second-order valence-electron chi connectivity index (χ2n) is 7.91. The highest BCUT2D eigenvalue weighted by molar-refractivity contribution is 5.88. The van der Waals surface area contributed by atoms with E-state index in [2.05, 4.69) is 5.32 Å². The number of hydrogen-bond donors (Lipinski definition) is 1. The fraction of sp³-hybridized carbons (Fsp3) is 0.261. The number of carbonyl (C=O) groups is 1. The fourth-order valence-corrected chi connectivity index (χ4v) is 3.84. The molecule has 3 aromatic rings. The van der Waals surface area contributed by atoms with Crippen LogP contribution >= 0.6 is 0 Å². The van der Waals surface area contributed by atoms with E-state index in [0.29, 0.717) is 17.7 Å². The SMILES string of the molecule is O=C1N[C@](COCc2cc(C(F)(F)F)cc(C(F)(F)F)c2)(c2ccccc2)CN1n1cccc1. The Labute approximate surface area is 190 Å². The molecule has 4 rings (SSSR count). The number of benzene rings is 2. The average Bonchev–Trinajstić information content (AvgIpc) is 3.41. The second kappa shape index (κ2) is 8.71. The molecule has 1 aliphatic heterocycles. The maximum absolute atomic E-state index is 13.1. The molecule has 1 aromatic heterocycles. The number of alkyl halides is 6. The highest BCUT2D eigenvalue weighted by atomic mass is 19.4. The Bertz CT molecular complexity index is 1110. The number of amides is 2. The van der Waals surface area contributed by atoms with Crippen LogP contribution in [0.25, 0.3) is 0 Å². The first-order valence-electron chi connectivity index (χ1n) is 10.1.